The van der Waals surface area contributed by atoms with Crippen LogP contribution >= 0.6 is 0 Å². The Bertz CT molecular complexity index is 619. The van der Waals surface area contributed by atoms with E-state index in [9.17, 15) is 8.42 Å². The maximum absolute atomic E-state index is 12.2. The van der Waals surface area contributed by atoms with Crippen LogP contribution in [0.1, 0.15) is 31.7 Å². The predicted molar refractivity (Wildman–Crippen MR) is 102 cm³/mol. The first-order chi connectivity index (χ1) is 12.1. The van der Waals surface area contributed by atoms with Crippen molar-refractivity contribution < 1.29 is 8.42 Å². The Morgan fingerprint density at radius 3 is 2.20 bits per heavy atom. The number of piperidine rings is 1. The van der Waals surface area contributed by atoms with Gasteiger partial charge in [0.15, 0.2) is 0 Å². The highest BCUT2D eigenvalue weighted by atomic mass is 32.2. The third-order valence-electron chi connectivity index (χ3n) is 5.45. The zero-order valence-electron chi connectivity index (χ0n) is 15.3. The molecule has 2 aliphatic heterocycles. The van der Waals surface area contributed by atoms with E-state index in [1.807, 2.05) is 6.92 Å². The van der Waals surface area contributed by atoms with Crippen molar-refractivity contribution in [2.24, 2.45) is 0 Å². The second-order valence-corrected chi connectivity index (χ2v) is 9.33. The molecule has 2 saturated heterocycles. The predicted octanol–water partition coefficient (Wildman–Crippen LogP) is 2.01. The van der Waals surface area contributed by atoms with Crippen LogP contribution < -0.4 is 0 Å². The van der Waals surface area contributed by atoms with Crippen LogP contribution in [0, 0.1) is 0 Å². The molecule has 2 fully saturated rings. The van der Waals surface area contributed by atoms with E-state index in [0.717, 1.165) is 32.7 Å². The Morgan fingerprint density at radius 1 is 0.960 bits per heavy atom. The highest BCUT2D eigenvalue weighted by Gasteiger charge is 2.31. The lowest BCUT2D eigenvalue weighted by Gasteiger charge is -2.42. The van der Waals surface area contributed by atoms with E-state index in [1.54, 1.807) is 4.31 Å². The van der Waals surface area contributed by atoms with Crippen LogP contribution in [0.4, 0.5) is 0 Å². The molecule has 3 rings (SSSR count). The Hall–Kier alpha value is -0.950. The van der Waals surface area contributed by atoms with E-state index in [2.05, 4.69) is 40.1 Å². The average Bonchev–Trinajstić information content (AvgIpc) is 2.63. The van der Waals surface area contributed by atoms with E-state index in [4.69, 9.17) is 0 Å². The van der Waals surface area contributed by atoms with Crippen molar-refractivity contribution in [2.45, 2.75) is 38.8 Å². The maximum Gasteiger partial charge on any atom is 0.214 e. The van der Waals surface area contributed by atoms with E-state index < -0.39 is 10.0 Å². The highest BCUT2D eigenvalue weighted by molar-refractivity contribution is 7.89. The SMILES string of the molecule is CCCS(=O)(=O)N1CCN(C2CCN(Cc3ccccc3)CC2)CC1. The van der Waals surface area contributed by atoms with E-state index in [1.165, 1.54) is 18.4 Å². The second kappa shape index (κ2) is 8.62. The van der Waals surface area contributed by atoms with Crippen molar-refractivity contribution in [2.75, 3.05) is 45.0 Å². The van der Waals surface area contributed by atoms with Crippen molar-refractivity contribution in [3.8, 4) is 0 Å². The first-order valence-corrected chi connectivity index (χ1v) is 11.2. The second-order valence-electron chi connectivity index (χ2n) is 7.24. The molecule has 140 valence electrons. The Morgan fingerprint density at radius 2 is 1.60 bits per heavy atom. The van der Waals surface area contributed by atoms with Gasteiger partial charge in [-0.15, -0.1) is 0 Å². The van der Waals surface area contributed by atoms with Gasteiger partial charge in [0, 0.05) is 38.8 Å². The fourth-order valence-corrected chi connectivity index (χ4v) is 5.51. The number of hydrogen-bond acceptors (Lipinski definition) is 4. The molecule has 0 spiro atoms. The third kappa shape index (κ3) is 5.03. The summed E-state index contributed by atoms with van der Waals surface area (Å²) in [5, 5.41) is 0. The molecule has 1 aromatic carbocycles. The number of benzene rings is 1. The lowest BCUT2D eigenvalue weighted by Crippen LogP contribution is -2.54. The van der Waals surface area contributed by atoms with Gasteiger partial charge in [0.05, 0.1) is 5.75 Å². The average molecular weight is 366 g/mol. The Labute approximate surface area is 152 Å². The maximum atomic E-state index is 12.2. The molecule has 25 heavy (non-hydrogen) atoms. The molecule has 0 atom stereocenters. The molecule has 0 bridgehead atoms. The van der Waals surface area contributed by atoms with Gasteiger partial charge in [-0.05, 0) is 37.9 Å². The van der Waals surface area contributed by atoms with Crippen LogP contribution in [0.2, 0.25) is 0 Å². The molecular weight excluding hydrogens is 334 g/mol. The molecule has 0 aliphatic carbocycles. The number of rotatable bonds is 6. The van der Waals surface area contributed by atoms with E-state index in [-0.39, 0.29) is 5.75 Å². The third-order valence-corrected chi connectivity index (χ3v) is 7.53. The summed E-state index contributed by atoms with van der Waals surface area (Å²) in [5.74, 6) is 0.283. The van der Waals surface area contributed by atoms with Gasteiger partial charge in [-0.1, -0.05) is 37.3 Å². The minimum absolute atomic E-state index is 0.283. The van der Waals surface area contributed by atoms with E-state index in [0.29, 0.717) is 25.6 Å². The molecule has 1 aromatic rings. The molecule has 0 saturated carbocycles. The van der Waals surface area contributed by atoms with Crippen molar-refractivity contribution in [3.63, 3.8) is 0 Å². The smallest absolute Gasteiger partial charge is 0.214 e. The summed E-state index contributed by atoms with van der Waals surface area (Å²) in [7, 11) is -3.03. The fourth-order valence-electron chi connectivity index (χ4n) is 4.02. The van der Waals surface area contributed by atoms with Gasteiger partial charge in [-0.2, -0.15) is 4.31 Å². The molecule has 2 heterocycles. The first kappa shape index (κ1) is 18.8. The van der Waals surface area contributed by atoms with Crippen molar-refractivity contribution in [1.29, 1.82) is 0 Å². The van der Waals surface area contributed by atoms with Crippen molar-refractivity contribution in [1.82, 2.24) is 14.1 Å². The number of sulfonamides is 1. The summed E-state index contributed by atoms with van der Waals surface area (Å²) >= 11 is 0. The quantitative estimate of drug-likeness (QED) is 0.774. The van der Waals surface area contributed by atoms with Gasteiger partial charge in [-0.3, -0.25) is 9.80 Å². The largest absolute Gasteiger partial charge is 0.299 e. The lowest BCUT2D eigenvalue weighted by atomic mass is 10.0. The van der Waals surface area contributed by atoms with Crippen LogP contribution in [0.25, 0.3) is 0 Å². The number of hydrogen-bond donors (Lipinski definition) is 0. The normalized spacial score (nSPS) is 22.3. The zero-order valence-corrected chi connectivity index (χ0v) is 16.1. The summed E-state index contributed by atoms with van der Waals surface area (Å²) in [5.41, 5.74) is 1.38. The molecule has 6 heteroatoms. The standard InChI is InChI=1S/C19H31N3O2S/c1-2-16-25(23,24)22-14-12-21(13-15-22)19-8-10-20(11-9-19)17-18-6-4-3-5-7-18/h3-7,19H,2,8-17H2,1H3. The van der Waals surface area contributed by atoms with Crippen LogP contribution in [0.5, 0.6) is 0 Å². The van der Waals surface area contributed by atoms with E-state index >= 15 is 0 Å². The summed E-state index contributed by atoms with van der Waals surface area (Å²) in [6, 6.07) is 11.3. The Balaban J connectivity index is 1.43. The topological polar surface area (TPSA) is 43.9 Å². The van der Waals surface area contributed by atoms with Crippen molar-refractivity contribution in [3.05, 3.63) is 35.9 Å². The summed E-state index contributed by atoms with van der Waals surface area (Å²) < 4.78 is 26.1. The molecular formula is C19H31N3O2S. The van der Waals surface area contributed by atoms with Crippen LogP contribution in [-0.4, -0.2) is 73.6 Å². The number of nitrogens with zero attached hydrogens (tertiary/aromatic N) is 3. The Kier molecular flexibility index (Phi) is 6.49. The van der Waals surface area contributed by atoms with Crippen LogP contribution in [-0.2, 0) is 16.6 Å². The number of likely N-dealkylation sites (tertiary alicyclic amines) is 1. The van der Waals surface area contributed by atoms with Crippen LogP contribution in [0.15, 0.2) is 30.3 Å². The van der Waals surface area contributed by atoms with Gasteiger partial charge in [0.2, 0.25) is 10.0 Å². The fraction of sp³-hybridized carbons (Fsp3) is 0.684. The molecule has 0 unspecified atom stereocenters. The van der Waals surface area contributed by atoms with Crippen LogP contribution in [0.3, 0.4) is 0 Å². The summed E-state index contributed by atoms with van der Waals surface area (Å²) in [6.07, 6.45) is 3.07. The van der Waals surface area contributed by atoms with Gasteiger partial charge >= 0.3 is 0 Å². The molecule has 0 aromatic heterocycles. The zero-order chi connectivity index (χ0) is 17.7. The summed E-state index contributed by atoms with van der Waals surface area (Å²) in [4.78, 5) is 5.05. The minimum atomic E-state index is -3.03. The highest BCUT2D eigenvalue weighted by Crippen LogP contribution is 2.20. The molecule has 0 radical (unpaired) electrons. The van der Waals surface area contributed by atoms with Crippen molar-refractivity contribution >= 4 is 10.0 Å². The van der Waals surface area contributed by atoms with Gasteiger partial charge < -0.3 is 0 Å². The molecule has 0 amide bonds. The molecule has 2 aliphatic rings. The molecule has 5 nitrogen and oxygen atoms in total. The lowest BCUT2D eigenvalue weighted by molar-refractivity contribution is 0.0786. The monoisotopic (exact) mass is 365 g/mol. The van der Waals surface area contributed by atoms with Gasteiger partial charge in [0.25, 0.3) is 0 Å². The number of piperazine rings is 1. The molecule has 0 N–H and O–H groups in total. The van der Waals surface area contributed by atoms with Gasteiger partial charge in [-0.25, -0.2) is 8.42 Å². The van der Waals surface area contributed by atoms with Gasteiger partial charge in [0.1, 0.15) is 0 Å². The minimum Gasteiger partial charge on any atom is -0.299 e. The summed E-state index contributed by atoms with van der Waals surface area (Å²) in [6.45, 7) is 8.31. The first-order valence-electron chi connectivity index (χ1n) is 9.56.